The van der Waals surface area contributed by atoms with Gasteiger partial charge in [-0.05, 0) is 37.5 Å². The van der Waals surface area contributed by atoms with Gasteiger partial charge in [-0.15, -0.1) is 0 Å². The highest BCUT2D eigenvalue weighted by Crippen LogP contribution is 2.38. The lowest BCUT2D eigenvalue weighted by Gasteiger charge is -2.40. The molecular weight excluding hydrogens is 299 g/mol. The van der Waals surface area contributed by atoms with Crippen molar-refractivity contribution in [3.8, 4) is 0 Å². The monoisotopic (exact) mass is 322 g/mol. The lowest BCUT2D eigenvalue weighted by molar-refractivity contribution is -0.0836. The van der Waals surface area contributed by atoms with Crippen LogP contribution in [0.5, 0.6) is 0 Å². The summed E-state index contributed by atoms with van der Waals surface area (Å²) in [7, 11) is 0. The van der Waals surface area contributed by atoms with Gasteiger partial charge in [0.15, 0.2) is 0 Å². The van der Waals surface area contributed by atoms with Crippen LogP contribution in [0.15, 0.2) is 0 Å². The highest BCUT2D eigenvalue weighted by molar-refractivity contribution is 14.1. The summed E-state index contributed by atoms with van der Waals surface area (Å²) in [6.45, 7) is 3.42. The van der Waals surface area contributed by atoms with Crippen molar-refractivity contribution in [3.05, 3.63) is 0 Å². The van der Waals surface area contributed by atoms with Crippen molar-refractivity contribution in [1.82, 2.24) is 0 Å². The Labute approximate surface area is 107 Å². The van der Waals surface area contributed by atoms with Gasteiger partial charge in [0.2, 0.25) is 0 Å². The number of alkyl halides is 1. The summed E-state index contributed by atoms with van der Waals surface area (Å²) >= 11 is 2.52. The SMILES string of the molecule is CC1CCCC(CI)(OCC2CCC2)C1. The van der Waals surface area contributed by atoms with Crippen LogP contribution in [0.2, 0.25) is 0 Å². The number of halogens is 1. The minimum Gasteiger partial charge on any atom is -0.374 e. The van der Waals surface area contributed by atoms with Crippen molar-refractivity contribution in [2.75, 3.05) is 11.0 Å². The fraction of sp³-hybridized carbons (Fsp3) is 1.00. The normalized spacial score (nSPS) is 37.6. The summed E-state index contributed by atoms with van der Waals surface area (Å²) in [6, 6.07) is 0. The lowest BCUT2D eigenvalue weighted by Crippen LogP contribution is -2.41. The zero-order valence-electron chi connectivity index (χ0n) is 9.80. The van der Waals surface area contributed by atoms with Crippen molar-refractivity contribution in [2.24, 2.45) is 11.8 Å². The largest absolute Gasteiger partial charge is 0.374 e. The first-order valence-corrected chi connectivity index (χ1v) is 7.96. The molecule has 1 nitrogen and oxygen atoms in total. The Morgan fingerprint density at radius 3 is 2.60 bits per heavy atom. The fourth-order valence-electron chi connectivity index (χ4n) is 2.86. The average Bonchev–Trinajstić information content (AvgIpc) is 2.15. The van der Waals surface area contributed by atoms with Gasteiger partial charge in [-0.25, -0.2) is 0 Å². The minimum absolute atomic E-state index is 0.244. The summed E-state index contributed by atoms with van der Waals surface area (Å²) in [6.07, 6.45) is 9.62. The molecule has 0 aromatic rings. The molecular formula is C13H23IO. The van der Waals surface area contributed by atoms with Gasteiger partial charge in [0, 0.05) is 4.43 Å². The van der Waals surface area contributed by atoms with Crippen molar-refractivity contribution in [3.63, 3.8) is 0 Å². The Balaban J connectivity index is 1.82. The van der Waals surface area contributed by atoms with Crippen LogP contribution < -0.4 is 0 Å². The zero-order valence-corrected chi connectivity index (χ0v) is 12.0. The van der Waals surface area contributed by atoms with Gasteiger partial charge in [0.05, 0.1) is 12.2 Å². The highest BCUT2D eigenvalue weighted by Gasteiger charge is 2.35. The maximum absolute atomic E-state index is 6.29. The molecule has 2 aliphatic rings. The van der Waals surface area contributed by atoms with Gasteiger partial charge in [-0.1, -0.05) is 48.8 Å². The topological polar surface area (TPSA) is 9.23 Å². The Bertz CT molecular complexity index is 203. The van der Waals surface area contributed by atoms with Crippen LogP contribution in [-0.2, 0) is 4.74 Å². The molecule has 0 aliphatic heterocycles. The van der Waals surface area contributed by atoms with Crippen LogP contribution in [0.25, 0.3) is 0 Å². The molecule has 15 heavy (non-hydrogen) atoms. The van der Waals surface area contributed by atoms with E-state index in [9.17, 15) is 0 Å². The molecule has 0 aromatic heterocycles. The first-order valence-electron chi connectivity index (χ1n) is 6.44. The molecule has 0 N–H and O–H groups in total. The van der Waals surface area contributed by atoms with E-state index < -0.39 is 0 Å². The Morgan fingerprint density at radius 2 is 2.07 bits per heavy atom. The van der Waals surface area contributed by atoms with Gasteiger partial charge in [-0.3, -0.25) is 0 Å². The van der Waals surface area contributed by atoms with Gasteiger partial charge < -0.3 is 4.74 Å². The molecule has 0 heterocycles. The quantitative estimate of drug-likeness (QED) is 0.557. The second kappa shape index (κ2) is 5.35. The summed E-state index contributed by atoms with van der Waals surface area (Å²) in [5.41, 5.74) is 0.244. The first-order chi connectivity index (χ1) is 7.24. The van der Waals surface area contributed by atoms with Crippen LogP contribution in [0, 0.1) is 11.8 Å². The third-order valence-corrected chi connectivity index (χ3v) is 5.53. The van der Waals surface area contributed by atoms with Crippen LogP contribution >= 0.6 is 22.6 Å². The summed E-state index contributed by atoms with van der Waals surface area (Å²) in [5.74, 6) is 1.76. The van der Waals surface area contributed by atoms with E-state index in [2.05, 4.69) is 29.5 Å². The van der Waals surface area contributed by atoms with E-state index in [1.807, 2.05) is 0 Å². The van der Waals surface area contributed by atoms with E-state index in [-0.39, 0.29) is 5.60 Å². The third kappa shape index (κ3) is 3.09. The number of rotatable bonds is 4. The second-order valence-electron chi connectivity index (χ2n) is 5.63. The summed E-state index contributed by atoms with van der Waals surface area (Å²) < 4.78 is 7.47. The zero-order chi connectivity index (χ0) is 10.7. The molecule has 2 saturated carbocycles. The molecule has 88 valence electrons. The maximum Gasteiger partial charge on any atom is 0.0774 e. The van der Waals surface area contributed by atoms with Crippen molar-refractivity contribution < 1.29 is 4.74 Å². The molecule has 2 unspecified atom stereocenters. The summed E-state index contributed by atoms with van der Waals surface area (Å²) in [4.78, 5) is 0. The van der Waals surface area contributed by atoms with Crippen LogP contribution in [0.4, 0.5) is 0 Å². The van der Waals surface area contributed by atoms with E-state index in [1.165, 1.54) is 49.4 Å². The predicted octanol–water partition coefficient (Wildman–Crippen LogP) is 4.19. The van der Waals surface area contributed by atoms with E-state index in [4.69, 9.17) is 4.74 Å². The molecule has 0 amide bonds. The van der Waals surface area contributed by atoms with Crippen molar-refractivity contribution in [2.45, 2.75) is 57.5 Å². The van der Waals surface area contributed by atoms with Crippen LogP contribution in [-0.4, -0.2) is 16.6 Å². The molecule has 2 rings (SSSR count). The number of hydrogen-bond donors (Lipinski definition) is 0. The fourth-order valence-corrected chi connectivity index (χ4v) is 3.77. The lowest BCUT2D eigenvalue weighted by atomic mass is 9.79. The van der Waals surface area contributed by atoms with E-state index >= 15 is 0 Å². The van der Waals surface area contributed by atoms with Gasteiger partial charge >= 0.3 is 0 Å². The minimum atomic E-state index is 0.244. The first kappa shape index (κ1) is 12.2. The molecule has 0 saturated heterocycles. The van der Waals surface area contributed by atoms with Gasteiger partial charge in [0.25, 0.3) is 0 Å². The Hall–Kier alpha value is 0.690. The van der Waals surface area contributed by atoms with Gasteiger partial charge in [0.1, 0.15) is 0 Å². The smallest absolute Gasteiger partial charge is 0.0774 e. The molecule has 0 radical (unpaired) electrons. The standard InChI is InChI=1S/C13H23IO/c1-11-4-3-7-13(8-11,10-14)15-9-12-5-2-6-12/h11-12H,2-10H2,1H3. The van der Waals surface area contributed by atoms with Gasteiger partial charge in [-0.2, -0.15) is 0 Å². The van der Waals surface area contributed by atoms with E-state index in [1.54, 1.807) is 0 Å². The molecule has 0 bridgehead atoms. The van der Waals surface area contributed by atoms with Crippen molar-refractivity contribution in [1.29, 1.82) is 0 Å². The third-order valence-electron chi connectivity index (χ3n) is 4.14. The molecule has 2 aliphatic carbocycles. The molecule has 2 heteroatoms. The van der Waals surface area contributed by atoms with Crippen molar-refractivity contribution >= 4 is 22.6 Å². The maximum atomic E-state index is 6.29. The predicted molar refractivity (Wildman–Crippen MR) is 72.5 cm³/mol. The van der Waals surface area contributed by atoms with E-state index in [0.717, 1.165) is 18.4 Å². The average molecular weight is 322 g/mol. The number of ether oxygens (including phenoxy) is 1. The van der Waals surface area contributed by atoms with Crippen LogP contribution in [0.3, 0.4) is 0 Å². The molecule has 2 fully saturated rings. The Morgan fingerprint density at radius 1 is 1.27 bits per heavy atom. The molecule has 0 aromatic carbocycles. The second-order valence-corrected chi connectivity index (χ2v) is 6.39. The number of hydrogen-bond acceptors (Lipinski definition) is 1. The molecule has 2 atom stereocenters. The summed E-state index contributed by atoms with van der Waals surface area (Å²) in [5, 5.41) is 0. The molecule has 0 spiro atoms. The van der Waals surface area contributed by atoms with Crippen LogP contribution in [0.1, 0.15) is 51.9 Å². The highest BCUT2D eigenvalue weighted by atomic mass is 127. The Kier molecular flexibility index (Phi) is 4.33. The van der Waals surface area contributed by atoms with E-state index in [0.29, 0.717) is 0 Å².